The van der Waals surface area contributed by atoms with Crippen LogP contribution in [0.2, 0.25) is 0 Å². The highest BCUT2D eigenvalue weighted by atomic mass is 17.0. The fourth-order valence-electron chi connectivity index (χ4n) is 8.02. The second kappa shape index (κ2) is 7.71. The average molecular weight is 434 g/mol. The Balaban J connectivity index is 1.40. The molecule has 0 spiro atoms. The van der Waals surface area contributed by atoms with E-state index in [0.717, 1.165) is 57.3 Å². The van der Waals surface area contributed by atoms with Crippen LogP contribution in [-0.4, -0.2) is 41.9 Å². The molecule has 0 aromatic heterocycles. The summed E-state index contributed by atoms with van der Waals surface area (Å²) in [4.78, 5) is 35.2. The van der Waals surface area contributed by atoms with Gasteiger partial charge in [-0.05, 0) is 80.6 Å². The van der Waals surface area contributed by atoms with Crippen molar-refractivity contribution in [3.8, 4) is 0 Å². The Bertz CT molecular complexity index is 781. The van der Waals surface area contributed by atoms with Gasteiger partial charge in [-0.1, -0.05) is 19.0 Å². The maximum Gasteiger partial charge on any atom is 0.294 e. The molecule has 0 aromatic rings. The zero-order valence-electron chi connectivity index (χ0n) is 18.7. The summed E-state index contributed by atoms with van der Waals surface area (Å²) in [6, 6.07) is 0. The summed E-state index contributed by atoms with van der Waals surface area (Å²) in [6.45, 7) is 6.25. The van der Waals surface area contributed by atoms with E-state index in [9.17, 15) is 14.9 Å². The minimum Gasteiger partial charge on any atom is -0.391 e. The molecule has 5 aliphatic rings. The van der Waals surface area contributed by atoms with Gasteiger partial charge in [-0.3, -0.25) is 4.79 Å². The first-order valence-corrected chi connectivity index (χ1v) is 12.1. The molecule has 4 aliphatic carbocycles. The largest absolute Gasteiger partial charge is 0.391 e. The third-order valence-corrected chi connectivity index (χ3v) is 9.77. The lowest BCUT2D eigenvalue weighted by atomic mass is 9.44. The number of rotatable bonds is 4. The molecule has 172 valence electrons. The van der Waals surface area contributed by atoms with Gasteiger partial charge in [0.05, 0.1) is 5.71 Å². The Morgan fingerprint density at radius 1 is 1.13 bits per heavy atom. The Morgan fingerprint density at radius 3 is 2.71 bits per heavy atom. The first kappa shape index (κ1) is 21.2. The standard InChI is InChI=1S/C23H35N3O5/c1-22-8-5-14(25-30-15-7-10-24-13-15)11-19(22)20(31-26(28)29)12-16-17-3-4-21(27)23(17,2)9-6-18(16)22/h15-20,24H,3-13H2,1-2H3/t15-,16+,17+,18+,19?,20+,22-,23+/m1/s1. The molecule has 0 radical (unpaired) electrons. The molecule has 1 heterocycles. The number of hydrogen-bond donors (Lipinski definition) is 1. The molecule has 8 atom stereocenters. The number of carbonyl (C=O) groups is 1. The van der Waals surface area contributed by atoms with E-state index in [1.165, 1.54) is 0 Å². The Kier molecular flexibility index (Phi) is 5.26. The van der Waals surface area contributed by atoms with Crippen molar-refractivity contribution in [3.05, 3.63) is 10.1 Å². The van der Waals surface area contributed by atoms with Crippen LogP contribution in [0.4, 0.5) is 0 Å². The number of carbonyl (C=O) groups excluding carboxylic acids is 1. The predicted molar refractivity (Wildman–Crippen MR) is 114 cm³/mol. The summed E-state index contributed by atoms with van der Waals surface area (Å²) in [6.07, 6.45) is 7.47. The molecule has 0 aromatic carbocycles. The summed E-state index contributed by atoms with van der Waals surface area (Å²) < 4.78 is 0. The van der Waals surface area contributed by atoms with Gasteiger partial charge in [-0.25, -0.2) is 0 Å². The van der Waals surface area contributed by atoms with Crippen LogP contribution in [-0.2, 0) is 14.5 Å². The molecule has 31 heavy (non-hydrogen) atoms. The van der Waals surface area contributed by atoms with E-state index in [1.807, 2.05) is 0 Å². The van der Waals surface area contributed by atoms with Crippen LogP contribution in [0.3, 0.4) is 0 Å². The summed E-state index contributed by atoms with van der Waals surface area (Å²) in [5, 5.41) is 18.6. The first-order valence-electron chi connectivity index (χ1n) is 12.1. The van der Waals surface area contributed by atoms with Gasteiger partial charge >= 0.3 is 0 Å². The van der Waals surface area contributed by atoms with Gasteiger partial charge in [-0.15, -0.1) is 10.1 Å². The first-order chi connectivity index (χ1) is 14.8. The van der Waals surface area contributed by atoms with Crippen LogP contribution in [0, 0.1) is 44.6 Å². The number of nitrogens with zero attached hydrogens (tertiary/aromatic N) is 2. The monoisotopic (exact) mass is 433 g/mol. The lowest BCUT2D eigenvalue weighted by Crippen LogP contribution is -2.58. The van der Waals surface area contributed by atoms with Crippen LogP contribution < -0.4 is 5.32 Å². The van der Waals surface area contributed by atoms with Crippen LogP contribution in [0.1, 0.15) is 71.6 Å². The molecule has 5 rings (SSSR count). The second-order valence-electron chi connectivity index (χ2n) is 11.1. The van der Waals surface area contributed by atoms with E-state index >= 15 is 0 Å². The van der Waals surface area contributed by atoms with Crippen molar-refractivity contribution < 1.29 is 19.6 Å². The topological polar surface area (TPSA) is 103 Å². The molecule has 8 nitrogen and oxygen atoms in total. The molecule has 1 saturated heterocycles. The maximum absolute atomic E-state index is 12.7. The molecule has 5 fully saturated rings. The van der Waals surface area contributed by atoms with Gasteiger partial charge in [0.15, 0.2) is 0 Å². The van der Waals surface area contributed by atoms with Gasteiger partial charge in [0.25, 0.3) is 5.09 Å². The van der Waals surface area contributed by atoms with E-state index in [0.29, 0.717) is 42.8 Å². The predicted octanol–water partition coefficient (Wildman–Crippen LogP) is 3.52. The summed E-state index contributed by atoms with van der Waals surface area (Å²) >= 11 is 0. The van der Waals surface area contributed by atoms with Crippen LogP contribution >= 0.6 is 0 Å². The molecular formula is C23H35N3O5. The maximum atomic E-state index is 12.7. The second-order valence-corrected chi connectivity index (χ2v) is 11.1. The minimum atomic E-state index is -0.612. The molecule has 1 aliphatic heterocycles. The van der Waals surface area contributed by atoms with E-state index in [4.69, 9.17) is 9.68 Å². The highest BCUT2D eigenvalue weighted by molar-refractivity contribution is 5.87. The van der Waals surface area contributed by atoms with Crippen molar-refractivity contribution in [2.45, 2.75) is 83.8 Å². The van der Waals surface area contributed by atoms with Crippen molar-refractivity contribution in [1.82, 2.24) is 5.32 Å². The van der Waals surface area contributed by atoms with Crippen molar-refractivity contribution in [2.24, 2.45) is 39.7 Å². The Morgan fingerprint density at radius 2 is 1.97 bits per heavy atom. The average Bonchev–Trinajstić information content (AvgIpc) is 3.35. The quantitative estimate of drug-likeness (QED) is 0.537. The molecule has 8 heteroatoms. The lowest BCUT2D eigenvalue weighted by molar-refractivity contribution is -0.772. The SMILES string of the molecule is C[C@]12CCC(=NO[C@@H]3CCNC3)CC1[C@@H](O[N+](=O)[O-])C[C@@H]1[C@@H]2CC[C@]2(C)C(=O)CC[C@@H]12. The van der Waals surface area contributed by atoms with Crippen LogP contribution in [0.15, 0.2) is 5.16 Å². The Hall–Kier alpha value is -1.70. The number of Topliss-reactive ketones (excluding diaryl/α,β-unsaturated/α-hetero) is 1. The van der Waals surface area contributed by atoms with E-state index in [1.54, 1.807) is 0 Å². The van der Waals surface area contributed by atoms with Crippen LogP contribution in [0.25, 0.3) is 0 Å². The summed E-state index contributed by atoms with van der Waals surface area (Å²) in [5.41, 5.74) is 0.750. The van der Waals surface area contributed by atoms with Gasteiger partial charge in [0.2, 0.25) is 0 Å². The van der Waals surface area contributed by atoms with Gasteiger partial charge in [0, 0.05) is 24.8 Å². The molecule has 1 N–H and O–H groups in total. The molecule has 0 bridgehead atoms. The normalized spacial score (nSPS) is 48.1. The van der Waals surface area contributed by atoms with Gasteiger partial charge in [0.1, 0.15) is 18.0 Å². The highest BCUT2D eigenvalue weighted by Gasteiger charge is 2.62. The third-order valence-electron chi connectivity index (χ3n) is 9.77. The third kappa shape index (κ3) is 3.45. The molecule has 4 saturated carbocycles. The highest BCUT2D eigenvalue weighted by Crippen LogP contribution is 2.65. The number of hydrogen-bond acceptors (Lipinski definition) is 7. The van der Waals surface area contributed by atoms with E-state index < -0.39 is 11.2 Å². The van der Waals surface area contributed by atoms with E-state index in [-0.39, 0.29) is 22.9 Å². The van der Waals surface area contributed by atoms with Crippen molar-refractivity contribution >= 4 is 11.5 Å². The number of oxime groups is 1. The smallest absolute Gasteiger partial charge is 0.294 e. The van der Waals surface area contributed by atoms with Gasteiger partial charge in [-0.2, -0.15) is 0 Å². The summed E-state index contributed by atoms with van der Waals surface area (Å²) in [7, 11) is 0. The van der Waals surface area contributed by atoms with E-state index in [2.05, 4.69) is 24.3 Å². The zero-order chi connectivity index (χ0) is 21.8. The summed E-state index contributed by atoms with van der Waals surface area (Å²) in [5.74, 6) is 1.62. The zero-order valence-corrected chi connectivity index (χ0v) is 18.7. The van der Waals surface area contributed by atoms with Crippen LogP contribution in [0.5, 0.6) is 0 Å². The molecule has 0 amide bonds. The van der Waals surface area contributed by atoms with Gasteiger partial charge < -0.3 is 15.0 Å². The van der Waals surface area contributed by atoms with Crippen molar-refractivity contribution in [3.63, 3.8) is 0 Å². The number of fused-ring (bicyclic) bond motifs is 5. The fraction of sp³-hybridized carbons (Fsp3) is 0.913. The minimum absolute atomic E-state index is 0.0233. The molecule has 1 unspecified atom stereocenters. The Labute approximate surface area is 183 Å². The lowest BCUT2D eigenvalue weighted by Gasteiger charge is -2.61. The molecular weight excluding hydrogens is 398 g/mol. The fourth-order valence-corrected chi connectivity index (χ4v) is 8.02. The van der Waals surface area contributed by atoms with Crippen molar-refractivity contribution in [2.75, 3.05) is 13.1 Å². The van der Waals surface area contributed by atoms with Crippen molar-refractivity contribution in [1.29, 1.82) is 0 Å². The number of nitrogens with one attached hydrogen (secondary N) is 1. The number of ketones is 1.